The molecule has 0 heterocycles. The molecule has 1 saturated carbocycles. The summed E-state index contributed by atoms with van der Waals surface area (Å²) < 4.78 is 0. The van der Waals surface area contributed by atoms with Gasteiger partial charge in [0.1, 0.15) is 0 Å². The van der Waals surface area contributed by atoms with E-state index in [4.69, 9.17) is 0 Å². The van der Waals surface area contributed by atoms with E-state index in [-0.39, 0.29) is 5.41 Å². The molecule has 1 aromatic carbocycles. The third-order valence-corrected chi connectivity index (χ3v) is 5.29. The van der Waals surface area contributed by atoms with Crippen molar-refractivity contribution in [1.29, 1.82) is 0 Å². The maximum atomic E-state index is 2.46. The monoisotopic (exact) mass is 278 g/mol. The number of hydrogen-bond acceptors (Lipinski definition) is 0. The molecule has 2 atom stereocenters. The minimum absolute atomic E-state index is 0.251. The van der Waals surface area contributed by atoms with Gasteiger partial charge in [-0.25, -0.2) is 0 Å². The van der Waals surface area contributed by atoms with Gasteiger partial charge in [-0.2, -0.15) is 0 Å². The van der Waals surface area contributed by atoms with Gasteiger partial charge in [0.05, 0.1) is 0 Å². The Labute approximate surface area is 129 Å². The zero-order valence-electron chi connectivity index (χ0n) is 13.7. The van der Waals surface area contributed by atoms with Crippen LogP contribution in [0.2, 0.25) is 0 Å². The van der Waals surface area contributed by atoms with Gasteiger partial charge in [0.2, 0.25) is 0 Å². The molecule has 0 aliphatic heterocycles. The maximum Gasteiger partial charge on any atom is 0.0142 e. The maximum absolute atomic E-state index is 2.46. The molecule has 0 spiro atoms. The molecule has 0 radical (unpaired) electrons. The third kappa shape index (κ3) is 2.21. The molecular weight excluding hydrogens is 252 g/mol. The van der Waals surface area contributed by atoms with Crippen LogP contribution in [0.1, 0.15) is 58.1 Å². The van der Waals surface area contributed by atoms with E-state index in [1.807, 2.05) is 13.8 Å². The van der Waals surface area contributed by atoms with Crippen molar-refractivity contribution >= 4 is 12.2 Å². The highest BCUT2D eigenvalue weighted by atomic mass is 14.5. The second-order valence-electron chi connectivity index (χ2n) is 7.00. The molecule has 0 saturated heterocycles. The first-order chi connectivity index (χ1) is 10.1. The SMILES string of the molecule is CC.CC12CC=CC3=Cc4ccccc4C=C(C1)C3(C)C2. The van der Waals surface area contributed by atoms with E-state index in [2.05, 4.69) is 62.4 Å². The second-order valence-corrected chi connectivity index (χ2v) is 7.00. The molecule has 1 aromatic rings. The molecule has 0 N–H and O–H groups in total. The Morgan fingerprint density at radius 1 is 0.952 bits per heavy atom. The van der Waals surface area contributed by atoms with E-state index in [0.717, 1.165) is 0 Å². The van der Waals surface area contributed by atoms with E-state index in [0.29, 0.717) is 5.41 Å². The van der Waals surface area contributed by atoms with Gasteiger partial charge < -0.3 is 0 Å². The second kappa shape index (κ2) is 5.02. The van der Waals surface area contributed by atoms with Crippen LogP contribution in [-0.2, 0) is 0 Å². The average molecular weight is 278 g/mol. The minimum Gasteiger partial charge on any atom is -0.0837 e. The van der Waals surface area contributed by atoms with E-state index < -0.39 is 0 Å². The van der Waals surface area contributed by atoms with Crippen molar-refractivity contribution in [2.24, 2.45) is 10.8 Å². The Kier molecular flexibility index (Phi) is 3.43. The molecular formula is C21H26. The molecule has 1 fully saturated rings. The first-order valence-electron chi connectivity index (χ1n) is 8.28. The van der Waals surface area contributed by atoms with E-state index in [1.165, 1.54) is 36.0 Å². The first-order valence-corrected chi connectivity index (χ1v) is 8.28. The third-order valence-electron chi connectivity index (χ3n) is 5.29. The van der Waals surface area contributed by atoms with Crippen molar-refractivity contribution < 1.29 is 0 Å². The van der Waals surface area contributed by atoms with Gasteiger partial charge in [0.25, 0.3) is 0 Å². The van der Waals surface area contributed by atoms with Crippen LogP contribution in [0.15, 0.2) is 47.6 Å². The quantitative estimate of drug-likeness (QED) is 0.525. The summed E-state index contributed by atoms with van der Waals surface area (Å²) in [6, 6.07) is 8.78. The zero-order valence-corrected chi connectivity index (χ0v) is 13.7. The van der Waals surface area contributed by atoms with Gasteiger partial charge in [-0.1, -0.05) is 81.8 Å². The Morgan fingerprint density at radius 3 is 2.33 bits per heavy atom. The summed E-state index contributed by atoms with van der Waals surface area (Å²) in [7, 11) is 0. The van der Waals surface area contributed by atoms with Gasteiger partial charge in [-0.15, -0.1) is 0 Å². The van der Waals surface area contributed by atoms with Gasteiger partial charge in [-0.3, -0.25) is 0 Å². The van der Waals surface area contributed by atoms with Crippen LogP contribution >= 0.6 is 0 Å². The van der Waals surface area contributed by atoms with E-state index >= 15 is 0 Å². The number of fused-ring (bicyclic) bond motifs is 2. The lowest BCUT2D eigenvalue weighted by molar-refractivity contribution is 0.306. The fourth-order valence-electron chi connectivity index (χ4n) is 4.32. The Hall–Kier alpha value is -1.56. The Balaban J connectivity index is 0.000000636. The molecule has 4 rings (SSSR count). The standard InChI is InChI=1S/C19H20.C2H6/c1-18-9-5-8-16-10-14-6-3-4-7-15(14)11-17(12-18)19(16,2)13-18;1-2/h3-8,10-11H,9,12-13H2,1-2H3;1-2H3. The number of rotatable bonds is 0. The van der Waals surface area contributed by atoms with Crippen molar-refractivity contribution in [3.8, 4) is 0 Å². The van der Waals surface area contributed by atoms with Crippen LogP contribution in [0.25, 0.3) is 12.2 Å². The fraction of sp³-hybridized carbons (Fsp3) is 0.429. The van der Waals surface area contributed by atoms with Crippen molar-refractivity contribution in [1.82, 2.24) is 0 Å². The van der Waals surface area contributed by atoms with Crippen LogP contribution in [0.3, 0.4) is 0 Å². The molecule has 2 bridgehead atoms. The Bertz CT molecular complexity index is 644. The summed E-state index contributed by atoms with van der Waals surface area (Å²) in [5.74, 6) is 0. The van der Waals surface area contributed by atoms with E-state index in [9.17, 15) is 0 Å². The summed E-state index contributed by atoms with van der Waals surface area (Å²) in [6.07, 6.45) is 13.4. The molecule has 3 aliphatic carbocycles. The summed E-state index contributed by atoms with van der Waals surface area (Å²) in [5.41, 5.74) is 6.60. The fourth-order valence-corrected chi connectivity index (χ4v) is 4.32. The summed E-state index contributed by atoms with van der Waals surface area (Å²) in [6.45, 7) is 8.89. The lowest BCUT2D eigenvalue weighted by atomic mass is 9.76. The highest BCUT2D eigenvalue weighted by molar-refractivity contribution is 5.75. The average Bonchev–Trinajstić information content (AvgIpc) is 2.59. The lowest BCUT2D eigenvalue weighted by Crippen LogP contribution is -2.17. The predicted octanol–water partition coefficient (Wildman–Crippen LogP) is 6.26. The normalized spacial score (nSPS) is 32.0. The van der Waals surface area contributed by atoms with Crippen molar-refractivity contribution in [3.63, 3.8) is 0 Å². The first kappa shape index (κ1) is 14.4. The number of benzene rings is 1. The molecule has 0 amide bonds. The molecule has 3 aliphatic rings. The van der Waals surface area contributed by atoms with Crippen molar-refractivity contribution in [2.75, 3.05) is 0 Å². The van der Waals surface area contributed by atoms with Crippen LogP contribution in [0.4, 0.5) is 0 Å². The molecule has 0 heteroatoms. The molecule has 21 heavy (non-hydrogen) atoms. The summed E-state index contributed by atoms with van der Waals surface area (Å²) in [4.78, 5) is 0. The lowest BCUT2D eigenvalue weighted by Gasteiger charge is -2.27. The number of allylic oxidation sites excluding steroid dienone is 4. The Morgan fingerprint density at radius 2 is 1.62 bits per heavy atom. The van der Waals surface area contributed by atoms with Crippen LogP contribution in [0, 0.1) is 10.8 Å². The van der Waals surface area contributed by atoms with Gasteiger partial charge >= 0.3 is 0 Å². The smallest absolute Gasteiger partial charge is 0.0142 e. The summed E-state index contributed by atoms with van der Waals surface area (Å²) in [5, 5.41) is 0. The van der Waals surface area contributed by atoms with Crippen molar-refractivity contribution in [2.45, 2.75) is 47.0 Å². The van der Waals surface area contributed by atoms with E-state index in [1.54, 1.807) is 5.57 Å². The highest BCUT2D eigenvalue weighted by Crippen LogP contribution is 2.61. The topological polar surface area (TPSA) is 0 Å². The molecule has 0 nitrogen and oxygen atoms in total. The van der Waals surface area contributed by atoms with Gasteiger partial charge in [0.15, 0.2) is 0 Å². The molecule has 110 valence electrons. The van der Waals surface area contributed by atoms with Crippen LogP contribution in [-0.4, -0.2) is 0 Å². The largest absolute Gasteiger partial charge is 0.0837 e. The van der Waals surface area contributed by atoms with Crippen LogP contribution in [0.5, 0.6) is 0 Å². The van der Waals surface area contributed by atoms with Crippen LogP contribution < -0.4 is 0 Å². The summed E-state index contributed by atoms with van der Waals surface area (Å²) >= 11 is 0. The molecule has 2 unspecified atom stereocenters. The number of hydrogen-bond donors (Lipinski definition) is 0. The van der Waals surface area contributed by atoms with Gasteiger partial charge in [0, 0.05) is 5.41 Å². The van der Waals surface area contributed by atoms with Crippen molar-refractivity contribution in [3.05, 3.63) is 58.7 Å². The predicted molar refractivity (Wildman–Crippen MR) is 92.9 cm³/mol. The highest BCUT2D eigenvalue weighted by Gasteiger charge is 2.48. The zero-order chi connectivity index (χ0) is 15.1. The van der Waals surface area contributed by atoms with Gasteiger partial charge in [-0.05, 0) is 41.4 Å². The molecule has 0 aromatic heterocycles. The minimum atomic E-state index is 0.251.